The number of anilines is 3. The molecule has 1 fully saturated rings. The largest absolute Gasteiger partial charge is 0.490 e. The van der Waals surface area contributed by atoms with E-state index in [1.807, 2.05) is 0 Å². The number of aliphatic imine (C=N–C) groups is 1. The van der Waals surface area contributed by atoms with Crippen molar-refractivity contribution in [2.24, 2.45) is 4.99 Å². The van der Waals surface area contributed by atoms with Crippen LogP contribution in [0, 0.1) is 0 Å². The Labute approximate surface area is 265 Å². The molecule has 0 bridgehead atoms. The third-order valence-electron chi connectivity index (χ3n) is 6.06. The van der Waals surface area contributed by atoms with Crippen molar-refractivity contribution in [3.05, 3.63) is 23.0 Å². The van der Waals surface area contributed by atoms with Crippen LogP contribution in [0.1, 0.15) is 6.23 Å². The Morgan fingerprint density at radius 3 is 2.27 bits per heavy atom. The van der Waals surface area contributed by atoms with Gasteiger partial charge in [0.15, 0.2) is 29.2 Å². The minimum Gasteiger partial charge on any atom is -0.387 e. The fourth-order valence-corrected chi connectivity index (χ4v) is 9.05. The molecule has 12 N–H and O–H groups in total. The first-order chi connectivity index (χ1) is 22.2. The van der Waals surface area contributed by atoms with Gasteiger partial charge in [0.1, 0.15) is 30.2 Å². The van der Waals surface area contributed by atoms with E-state index in [0.717, 1.165) is 12.7 Å². The summed E-state index contributed by atoms with van der Waals surface area (Å²) >= 11 is 0. The van der Waals surface area contributed by atoms with Crippen molar-refractivity contribution in [1.29, 1.82) is 0 Å². The Morgan fingerprint density at radius 2 is 1.58 bits per heavy atom. The summed E-state index contributed by atoms with van der Waals surface area (Å²) in [7, 11) is -23.6. The first-order valence-corrected chi connectivity index (χ1v) is 18.6. The zero-order valence-electron chi connectivity index (χ0n) is 23.4. The van der Waals surface area contributed by atoms with Gasteiger partial charge in [0, 0.05) is 0 Å². The predicted octanol–water partition coefficient (Wildman–Crippen LogP) is -1.62. The maximum Gasteiger partial charge on any atom is 0.490 e. The van der Waals surface area contributed by atoms with Crippen LogP contribution in [-0.4, -0.2) is 103 Å². The number of phosphoric ester groups is 2. The molecule has 5 heterocycles. The normalized spacial score (nSPS) is 26.0. The van der Waals surface area contributed by atoms with E-state index in [2.05, 4.69) is 57.2 Å². The van der Waals surface area contributed by atoms with Crippen molar-refractivity contribution < 1.29 is 74.8 Å². The number of aliphatic hydroxyl groups excluding tert-OH is 2. The Balaban J connectivity index is 1.15. The lowest BCUT2D eigenvalue weighted by Gasteiger charge is -2.21. The lowest BCUT2D eigenvalue weighted by molar-refractivity contribution is -0.0503. The third kappa shape index (κ3) is 8.38. The van der Waals surface area contributed by atoms with E-state index in [1.165, 1.54) is 4.57 Å². The Morgan fingerprint density at radius 1 is 0.938 bits per heavy atom. The Hall–Kier alpha value is -3.06. The number of aromatic nitrogens is 6. The average Bonchev–Trinajstić information content (AvgIpc) is 3.50. The molecule has 4 unspecified atom stereocenters. The SMILES string of the molecule is Nc1nc2c(c(=O)[nH]1)N=C(COP(=O)(O)OP(=O)(O)OP(=O)(O)OP(=O)(O)OC[C@@H]1O[C@@H](n3cnc4c(N)ncnc43)[C@H](O)[C@H]1O)CN2. The molecule has 1 saturated heterocycles. The molecule has 0 amide bonds. The van der Waals surface area contributed by atoms with Crippen molar-refractivity contribution >= 4 is 71.4 Å². The number of hydrogen-bond acceptors (Lipinski definition) is 21. The van der Waals surface area contributed by atoms with Crippen molar-refractivity contribution in [2.75, 3.05) is 36.5 Å². The highest BCUT2D eigenvalue weighted by atomic mass is 31.3. The zero-order valence-corrected chi connectivity index (χ0v) is 27.0. The van der Waals surface area contributed by atoms with Crippen LogP contribution in [0.25, 0.3) is 11.2 Å². The van der Waals surface area contributed by atoms with E-state index in [0.29, 0.717) is 0 Å². The summed E-state index contributed by atoms with van der Waals surface area (Å²) in [4.78, 5) is 72.7. The molecule has 48 heavy (non-hydrogen) atoms. The van der Waals surface area contributed by atoms with Crippen LogP contribution < -0.4 is 22.3 Å². The van der Waals surface area contributed by atoms with Gasteiger partial charge in [-0.15, -0.1) is 0 Å². The number of phosphoric acid groups is 4. The first-order valence-electron chi connectivity index (χ1n) is 12.6. The molecule has 3 aromatic rings. The van der Waals surface area contributed by atoms with Crippen molar-refractivity contribution in [1.82, 2.24) is 29.5 Å². The Kier molecular flexibility index (Phi) is 10.1. The van der Waals surface area contributed by atoms with Gasteiger partial charge >= 0.3 is 31.3 Å². The number of nitrogen functional groups attached to an aromatic ring is 2. The number of nitrogens with two attached hydrogens (primary N) is 2. The van der Waals surface area contributed by atoms with E-state index < -0.39 is 74.6 Å². The molecule has 264 valence electrons. The molecule has 0 saturated carbocycles. The molecular formula is C17H24N10O17P4. The molecule has 27 nitrogen and oxygen atoms in total. The van der Waals surface area contributed by atoms with Crippen LogP contribution in [0.15, 0.2) is 22.4 Å². The molecule has 5 rings (SSSR count). The minimum atomic E-state index is -6.13. The van der Waals surface area contributed by atoms with Crippen LogP contribution in [0.5, 0.6) is 0 Å². The van der Waals surface area contributed by atoms with Crippen LogP contribution in [-0.2, 0) is 45.0 Å². The van der Waals surface area contributed by atoms with Gasteiger partial charge in [-0.25, -0.2) is 38.2 Å². The average molecular weight is 764 g/mol. The van der Waals surface area contributed by atoms with Gasteiger partial charge in [-0.3, -0.25) is 23.4 Å². The van der Waals surface area contributed by atoms with E-state index in [9.17, 15) is 52.8 Å². The molecule has 0 spiro atoms. The monoisotopic (exact) mass is 764 g/mol. The smallest absolute Gasteiger partial charge is 0.387 e. The molecule has 2 aliphatic rings. The summed E-state index contributed by atoms with van der Waals surface area (Å²) < 4.78 is 76.2. The first kappa shape index (κ1) is 36.2. The van der Waals surface area contributed by atoms with Gasteiger partial charge in [-0.1, -0.05) is 0 Å². The van der Waals surface area contributed by atoms with E-state index in [1.54, 1.807) is 0 Å². The maximum atomic E-state index is 12.3. The molecule has 3 aromatic heterocycles. The van der Waals surface area contributed by atoms with Gasteiger partial charge in [-0.2, -0.15) is 17.9 Å². The number of hydrogen-bond donors (Lipinski definition) is 10. The number of fused-ring (bicyclic) bond motifs is 2. The number of aliphatic hydroxyl groups is 2. The zero-order chi connectivity index (χ0) is 35.2. The molecule has 0 aromatic carbocycles. The predicted molar refractivity (Wildman–Crippen MR) is 155 cm³/mol. The molecule has 0 aliphatic carbocycles. The lowest BCUT2D eigenvalue weighted by Crippen LogP contribution is -2.33. The third-order valence-corrected chi connectivity index (χ3v) is 11.9. The summed E-state index contributed by atoms with van der Waals surface area (Å²) in [6, 6.07) is 0. The van der Waals surface area contributed by atoms with E-state index >= 15 is 0 Å². The van der Waals surface area contributed by atoms with Gasteiger partial charge in [0.2, 0.25) is 5.95 Å². The molecule has 31 heteroatoms. The van der Waals surface area contributed by atoms with Crippen LogP contribution in [0.2, 0.25) is 0 Å². The van der Waals surface area contributed by atoms with Gasteiger partial charge in [0.25, 0.3) is 5.56 Å². The lowest BCUT2D eigenvalue weighted by atomic mass is 10.1. The summed E-state index contributed by atoms with van der Waals surface area (Å²) in [6.45, 7) is -2.19. The molecular weight excluding hydrogens is 740 g/mol. The standard InChI is InChI=1S/C17H24N10O17P4/c18-12-8-14(22-4-21-12)27(5-23-8)16-11(29)10(28)7(41-16)3-40-46(33,34)43-48(37,38)44-47(35,36)42-45(31,32)39-2-6-1-20-13-9(24-6)15(30)26-17(19)25-13/h4-5,7,10-11,16,28-29H,1-3H2,(H,31,32)(H,33,34)(H,35,36)(H,37,38)(H2,18,21,22)(H4,19,20,25,26,30)/t7-,10-,11+,16+/m0/s1. The second-order valence-electron chi connectivity index (χ2n) is 9.50. The van der Waals surface area contributed by atoms with Crippen molar-refractivity contribution in [3.63, 3.8) is 0 Å². The van der Waals surface area contributed by atoms with Gasteiger partial charge < -0.3 is 51.3 Å². The van der Waals surface area contributed by atoms with E-state index in [4.69, 9.17) is 16.2 Å². The van der Waals surface area contributed by atoms with Crippen LogP contribution in [0.3, 0.4) is 0 Å². The van der Waals surface area contributed by atoms with Crippen LogP contribution >= 0.6 is 31.3 Å². The topological polar surface area (TPSA) is 411 Å². The molecule has 8 atom stereocenters. The van der Waals surface area contributed by atoms with Crippen LogP contribution in [0.4, 0.5) is 23.3 Å². The molecule has 0 radical (unpaired) electrons. The van der Waals surface area contributed by atoms with E-state index in [-0.39, 0.29) is 46.7 Å². The quantitative estimate of drug-likeness (QED) is 0.0874. The summed E-state index contributed by atoms with van der Waals surface area (Å²) in [5, 5.41) is 23.4. The number of rotatable bonds is 13. The number of ether oxygens (including phenoxy) is 1. The minimum absolute atomic E-state index is 0.00493. The maximum absolute atomic E-state index is 12.3. The second kappa shape index (κ2) is 13.3. The fourth-order valence-electron chi connectivity index (χ4n) is 4.12. The summed E-state index contributed by atoms with van der Waals surface area (Å²) in [5.74, 6) is -0.242. The molecule has 2 aliphatic heterocycles. The van der Waals surface area contributed by atoms with Gasteiger partial charge in [-0.05, 0) is 0 Å². The highest BCUT2D eigenvalue weighted by Gasteiger charge is 2.48. The number of aromatic amines is 1. The fraction of sp³-hybridized carbons (Fsp3) is 0.412. The number of imidazole rings is 1. The van der Waals surface area contributed by atoms with Crippen molar-refractivity contribution in [3.8, 4) is 0 Å². The number of H-pyrrole nitrogens is 1. The number of nitrogens with zero attached hydrogens (tertiary/aromatic N) is 6. The summed E-state index contributed by atoms with van der Waals surface area (Å²) in [6.07, 6.45) is -4.20. The van der Waals surface area contributed by atoms with Crippen molar-refractivity contribution in [2.45, 2.75) is 24.5 Å². The second-order valence-corrected chi connectivity index (χ2v) is 15.7. The highest BCUT2D eigenvalue weighted by molar-refractivity contribution is 7.69. The number of nitrogens with one attached hydrogen (secondary N) is 2. The Bertz CT molecular complexity index is 2010. The van der Waals surface area contributed by atoms with Gasteiger partial charge in [0.05, 0.1) is 31.8 Å². The highest BCUT2D eigenvalue weighted by Crippen LogP contribution is 2.71. The summed E-state index contributed by atoms with van der Waals surface area (Å²) in [5.41, 5.74) is 10.2.